The normalized spacial score (nSPS) is 16.5. The van der Waals surface area contributed by atoms with Gasteiger partial charge in [0.05, 0.1) is 34.9 Å². The van der Waals surface area contributed by atoms with Crippen molar-refractivity contribution in [3.63, 3.8) is 0 Å². The fourth-order valence-electron chi connectivity index (χ4n) is 7.31. The van der Waals surface area contributed by atoms with Crippen LogP contribution in [-0.4, -0.2) is 36.2 Å². The average molecular weight is 627 g/mol. The molecule has 0 saturated heterocycles. The van der Waals surface area contributed by atoms with E-state index in [4.69, 9.17) is 9.98 Å². The summed E-state index contributed by atoms with van der Waals surface area (Å²) in [5.74, 6) is 0.655. The Balaban J connectivity index is 0.000000161. The number of aliphatic imine (C=N–C) groups is 2. The number of hydrogen-bond acceptors (Lipinski definition) is 4. The van der Waals surface area contributed by atoms with Gasteiger partial charge in [0.1, 0.15) is 11.5 Å². The van der Waals surface area contributed by atoms with E-state index in [1.165, 1.54) is 45.1 Å². The van der Waals surface area contributed by atoms with Gasteiger partial charge in [-0.25, -0.2) is 0 Å². The van der Waals surface area contributed by atoms with Crippen molar-refractivity contribution < 1.29 is 15.7 Å². The van der Waals surface area contributed by atoms with Gasteiger partial charge in [-0.05, 0) is 98.2 Å². The number of phenolic OH excluding ortho intramolecular Hbond substituents is 2. The second kappa shape index (κ2) is 12.9. The van der Waals surface area contributed by atoms with Crippen LogP contribution in [-0.2, 0) is 26.9 Å². The third-order valence-electron chi connectivity index (χ3n) is 9.61. The van der Waals surface area contributed by atoms with Crippen LogP contribution in [0.5, 0.6) is 11.5 Å². The van der Waals surface area contributed by atoms with Crippen LogP contribution in [0, 0.1) is 0 Å². The maximum absolute atomic E-state index is 9.79. The molecular weight excluding hydrogens is 584 g/mol. The van der Waals surface area contributed by atoms with Crippen LogP contribution in [0.3, 0.4) is 0 Å². The summed E-state index contributed by atoms with van der Waals surface area (Å²) in [6.07, 6.45) is 3.94. The molecule has 7 heteroatoms. The van der Waals surface area contributed by atoms with E-state index < -0.39 is 0 Å². The van der Waals surface area contributed by atoms with Gasteiger partial charge in [0.15, 0.2) is 0 Å². The molecule has 4 aromatic carbocycles. The van der Waals surface area contributed by atoms with Crippen molar-refractivity contribution in [3.8, 4) is 11.5 Å². The Hall–Kier alpha value is -5.14. The van der Waals surface area contributed by atoms with E-state index in [2.05, 4.69) is 85.6 Å². The number of rotatable bonds is 4. The van der Waals surface area contributed by atoms with Crippen molar-refractivity contribution in [1.82, 2.24) is 9.13 Å². The van der Waals surface area contributed by atoms with Crippen LogP contribution in [0.4, 0.5) is 0 Å². The van der Waals surface area contributed by atoms with Crippen molar-refractivity contribution in [2.24, 2.45) is 24.1 Å². The fraction of sp³-hybridized carbons (Fsp3) is 0.250. The first-order valence-electron chi connectivity index (χ1n) is 16.1. The molecule has 2 heterocycles. The zero-order valence-corrected chi connectivity index (χ0v) is 27.4. The number of aromatic hydroxyl groups is 2. The fourth-order valence-corrected chi connectivity index (χ4v) is 7.31. The topological polar surface area (TPSA) is 107 Å². The van der Waals surface area contributed by atoms with E-state index in [0.29, 0.717) is 11.5 Å². The van der Waals surface area contributed by atoms with E-state index >= 15 is 0 Å². The predicted octanol–water partition coefficient (Wildman–Crippen LogP) is 7.94. The zero-order valence-electron chi connectivity index (χ0n) is 27.4. The summed E-state index contributed by atoms with van der Waals surface area (Å²) in [6.45, 7) is 4.30. The molecule has 240 valence electrons. The van der Waals surface area contributed by atoms with Crippen molar-refractivity contribution in [2.45, 2.75) is 51.6 Å². The number of phenols is 2. The standard InChI is InChI=1S/2C20H20N2O.H2O/c2*1-13(14-6-4-3-5-7-14)21-18-10-9-16-17-12-15(23)8-11-19(17)22(2)20(16)18;/h2*3-8,11-13,23H,9-10H2,1-2H3;1H2. The Morgan fingerprint density at radius 1 is 0.553 bits per heavy atom. The number of aromatic nitrogens is 2. The molecule has 0 radical (unpaired) electrons. The van der Waals surface area contributed by atoms with Crippen molar-refractivity contribution in [1.29, 1.82) is 0 Å². The molecule has 2 aliphatic rings. The Bertz CT molecular complexity index is 1970. The van der Waals surface area contributed by atoms with Crippen LogP contribution in [0.1, 0.15) is 72.4 Å². The third kappa shape index (κ3) is 5.83. The second-order valence-electron chi connectivity index (χ2n) is 12.5. The minimum absolute atomic E-state index is 0. The molecule has 7 nitrogen and oxygen atoms in total. The van der Waals surface area contributed by atoms with E-state index in [0.717, 1.165) is 47.5 Å². The van der Waals surface area contributed by atoms with Gasteiger partial charge in [-0.15, -0.1) is 0 Å². The van der Waals surface area contributed by atoms with Crippen LogP contribution < -0.4 is 0 Å². The van der Waals surface area contributed by atoms with Gasteiger partial charge in [0.2, 0.25) is 0 Å². The molecule has 6 aromatic rings. The van der Waals surface area contributed by atoms with Gasteiger partial charge in [0.25, 0.3) is 0 Å². The number of hydrogen-bond donors (Lipinski definition) is 2. The van der Waals surface area contributed by atoms with Crippen molar-refractivity contribution in [2.75, 3.05) is 0 Å². The minimum atomic E-state index is 0. The number of fused-ring (bicyclic) bond motifs is 6. The summed E-state index contributed by atoms with van der Waals surface area (Å²) < 4.78 is 4.43. The summed E-state index contributed by atoms with van der Waals surface area (Å²) in [7, 11) is 4.18. The van der Waals surface area contributed by atoms with Gasteiger partial charge in [-0.1, -0.05) is 60.7 Å². The summed E-state index contributed by atoms with van der Waals surface area (Å²) in [4.78, 5) is 10.00. The molecule has 0 spiro atoms. The lowest BCUT2D eigenvalue weighted by Gasteiger charge is -2.10. The van der Waals surface area contributed by atoms with Gasteiger partial charge >= 0.3 is 0 Å². The van der Waals surface area contributed by atoms with Gasteiger partial charge in [-0.3, -0.25) is 9.98 Å². The lowest BCUT2D eigenvalue weighted by atomic mass is 10.1. The van der Waals surface area contributed by atoms with E-state index in [1.807, 2.05) is 36.4 Å². The van der Waals surface area contributed by atoms with Crippen LogP contribution in [0.25, 0.3) is 21.8 Å². The Labute approximate surface area is 275 Å². The largest absolute Gasteiger partial charge is 0.508 e. The molecule has 47 heavy (non-hydrogen) atoms. The van der Waals surface area contributed by atoms with Gasteiger partial charge < -0.3 is 24.8 Å². The first-order valence-corrected chi connectivity index (χ1v) is 16.1. The number of benzene rings is 4. The molecule has 8 rings (SSSR count). The van der Waals surface area contributed by atoms with E-state index in [1.54, 1.807) is 12.1 Å². The summed E-state index contributed by atoms with van der Waals surface area (Å²) in [5.41, 5.74) is 12.2. The Kier molecular flexibility index (Phi) is 8.76. The molecule has 0 amide bonds. The molecule has 0 saturated carbocycles. The molecular formula is C40H42N4O3. The summed E-state index contributed by atoms with van der Waals surface area (Å²) in [5, 5.41) is 21.9. The van der Waals surface area contributed by atoms with Gasteiger partial charge in [0, 0.05) is 35.9 Å². The highest BCUT2D eigenvalue weighted by Gasteiger charge is 2.27. The van der Waals surface area contributed by atoms with Crippen LogP contribution >= 0.6 is 0 Å². The first-order chi connectivity index (χ1) is 22.3. The molecule has 0 aliphatic heterocycles. The first kappa shape index (κ1) is 31.8. The van der Waals surface area contributed by atoms with Crippen molar-refractivity contribution >= 4 is 33.2 Å². The lowest BCUT2D eigenvalue weighted by Crippen LogP contribution is -2.05. The molecule has 2 aromatic heterocycles. The lowest BCUT2D eigenvalue weighted by molar-refractivity contribution is 0.475. The molecule has 2 unspecified atom stereocenters. The third-order valence-corrected chi connectivity index (χ3v) is 9.61. The van der Waals surface area contributed by atoms with Crippen LogP contribution in [0.15, 0.2) is 107 Å². The molecule has 0 fully saturated rings. The smallest absolute Gasteiger partial charge is 0.116 e. The Morgan fingerprint density at radius 3 is 1.32 bits per heavy atom. The highest BCUT2D eigenvalue weighted by atomic mass is 16.3. The summed E-state index contributed by atoms with van der Waals surface area (Å²) >= 11 is 0. The van der Waals surface area contributed by atoms with E-state index in [9.17, 15) is 10.2 Å². The molecule has 4 N–H and O–H groups in total. The SMILES string of the molecule is CC(N=C1CCc2c1n(C)c1ccc(O)cc21)c1ccccc1.CC(N=C1CCc2c1n(C)c1ccc(O)cc21)c1ccccc1.O. The molecule has 2 atom stereocenters. The highest BCUT2D eigenvalue weighted by molar-refractivity contribution is 6.10. The maximum Gasteiger partial charge on any atom is 0.116 e. The number of aryl methyl sites for hydroxylation is 4. The van der Waals surface area contributed by atoms with Crippen LogP contribution in [0.2, 0.25) is 0 Å². The second-order valence-corrected chi connectivity index (χ2v) is 12.5. The monoisotopic (exact) mass is 626 g/mol. The maximum atomic E-state index is 9.79. The average Bonchev–Trinajstić information content (AvgIpc) is 3.81. The van der Waals surface area contributed by atoms with E-state index in [-0.39, 0.29) is 17.6 Å². The Morgan fingerprint density at radius 2 is 0.936 bits per heavy atom. The quantitative estimate of drug-likeness (QED) is 0.207. The summed E-state index contributed by atoms with van der Waals surface area (Å²) in [6, 6.07) is 32.4. The zero-order chi connectivity index (χ0) is 31.9. The molecule has 0 bridgehead atoms. The van der Waals surface area contributed by atoms with Crippen molar-refractivity contribution in [3.05, 3.63) is 131 Å². The number of nitrogens with zero attached hydrogens (tertiary/aromatic N) is 4. The highest BCUT2D eigenvalue weighted by Crippen LogP contribution is 2.37. The minimum Gasteiger partial charge on any atom is -0.508 e. The predicted molar refractivity (Wildman–Crippen MR) is 192 cm³/mol. The molecule has 2 aliphatic carbocycles. The van der Waals surface area contributed by atoms with Gasteiger partial charge in [-0.2, -0.15) is 0 Å².